The lowest BCUT2D eigenvalue weighted by molar-refractivity contribution is 0.416. The van der Waals surface area contributed by atoms with Crippen molar-refractivity contribution in [3.8, 4) is 5.75 Å². The fraction of sp³-hybridized carbons (Fsp3) is 0.395. The van der Waals surface area contributed by atoms with Gasteiger partial charge in [0.2, 0.25) is 0 Å². The number of nitrogens with zero attached hydrogens (tertiary/aromatic N) is 2. The first-order valence-electron chi connectivity index (χ1n) is 15.4. The molecule has 0 heterocycles. The van der Waals surface area contributed by atoms with Crippen LogP contribution in [0, 0.1) is 5.92 Å². The molecule has 0 bridgehead atoms. The van der Waals surface area contributed by atoms with Crippen LogP contribution >= 0.6 is 0 Å². The first-order chi connectivity index (χ1) is 20.5. The highest BCUT2D eigenvalue weighted by Gasteiger charge is 2.16. The number of anilines is 3. The molecule has 0 aliphatic heterocycles. The Bertz CT molecular complexity index is 1320. The predicted molar refractivity (Wildman–Crippen MR) is 196 cm³/mol. The van der Waals surface area contributed by atoms with Crippen LogP contribution in [0.1, 0.15) is 81.7 Å². The van der Waals surface area contributed by atoms with E-state index in [4.69, 9.17) is 4.74 Å². The summed E-state index contributed by atoms with van der Waals surface area (Å²) < 4.78 is 5.55. The number of hydrogen-bond donors (Lipinski definition) is 2. The van der Waals surface area contributed by atoms with Crippen LogP contribution in [0.3, 0.4) is 0 Å². The smallest absolute Gasteiger partial charge is 0.142 e. The largest absolute Gasteiger partial charge is 0.495 e. The van der Waals surface area contributed by atoms with Gasteiger partial charge in [-0.15, -0.1) is 0 Å². The Morgan fingerprint density at radius 3 is 1.98 bits per heavy atom. The maximum atomic E-state index is 5.55. The van der Waals surface area contributed by atoms with E-state index in [-0.39, 0.29) is 5.41 Å². The number of nitrogens with one attached hydrogen (secondary N) is 2. The first kappa shape index (κ1) is 39.0. The third kappa shape index (κ3) is 12.0. The molecular weight excluding hydrogens is 528 g/mol. The molecule has 0 saturated carbocycles. The van der Waals surface area contributed by atoms with E-state index in [0.29, 0.717) is 11.7 Å². The summed E-state index contributed by atoms with van der Waals surface area (Å²) in [5.74, 6) is 2.01. The Labute approximate surface area is 263 Å². The number of rotatable bonds is 10. The van der Waals surface area contributed by atoms with Crippen molar-refractivity contribution in [2.24, 2.45) is 10.9 Å². The molecule has 0 aliphatic rings. The van der Waals surface area contributed by atoms with Crippen molar-refractivity contribution in [1.29, 1.82) is 0 Å². The van der Waals surface area contributed by atoms with Crippen molar-refractivity contribution in [2.45, 2.75) is 81.6 Å². The monoisotopic (exact) mass is 586 g/mol. The van der Waals surface area contributed by atoms with E-state index in [9.17, 15) is 0 Å². The second-order valence-electron chi connectivity index (χ2n) is 10.6. The van der Waals surface area contributed by atoms with Crippen LogP contribution < -0.4 is 20.3 Å². The molecule has 0 fully saturated rings. The SMILES string of the molecule is C=CN(CC)c1ccc(NC(=C)Nc2cc(C(C)(C)C)ccc2OC)c2ccccc12.C=CN=C(C)C(C)C.CC.CC. The summed E-state index contributed by atoms with van der Waals surface area (Å²) in [6.45, 7) is 35.4. The van der Waals surface area contributed by atoms with Crippen molar-refractivity contribution < 1.29 is 4.74 Å². The molecule has 43 heavy (non-hydrogen) atoms. The van der Waals surface area contributed by atoms with E-state index in [0.717, 1.165) is 45.8 Å². The summed E-state index contributed by atoms with van der Waals surface area (Å²) in [5.41, 5.74) is 5.42. The van der Waals surface area contributed by atoms with E-state index in [1.54, 1.807) is 13.3 Å². The van der Waals surface area contributed by atoms with Gasteiger partial charge < -0.3 is 20.3 Å². The average Bonchev–Trinajstić information content (AvgIpc) is 3.00. The van der Waals surface area contributed by atoms with Gasteiger partial charge in [-0.3, -0.25) is 4.99 Å². The van der Waals surface area contributed by atoms with Gasteiger partial charge in [0, 0.05) is 40.6 Å². The summed E-state index contributed by atoms with van der Waals surface area (Å²) in [7, 11) is 1.68. The molecule has 0 atom stereocenters. The van der Waals surface area contributed by atoms with Crippen LogP contribution in [-0.2, 0) is 5.41 Å². The molecule has 0 spiro atoms. The molecule has 0 amide bonds. The second kappa shape index (κ2) is 20.0. The summed E-state index contributed by atoms with van der Waals surface area (Å²) in [6.07, 6.45) is 3.44. The lowest BCUT2D eigenvalue weighted by Gasteiger charge is -2.23. The van der Waals surface area contributed by atoms with Gasteiger partial charge in [0.1, 0.15) is 11.6 Å². The second-order valence-corrected chi connectivity index (χ2v) is 10.6. The minimum absolute atomic E-state index is 0.0415. The third-order valence-electron chi connectivity index (χ3n) is 6.54. The molecule has 0 aliphatic carbocycles. The molecule has 3 rings (SSSR count). The summed E-state index contributed by atoms with van der Waals surface area (Å²) in [5, 5.41) is 9.11. The molecule has 0 saturated heterocycles. The third-order valence-corrected chi connectivity index (χ3v) is 6.54. The van der Waals surface area contributed by atoms with Crippen molar-refractivity contribution in [2.75, 3.05) is 29.2 Å². The molecule has 5 heteroatoms. The van der Waals surface area contributed by atoms with Crippen LogP contribution in [0.5, 0.6) is 5.75 Å². The lowest BCUT2D eigenvalue weighted by Crippen LogP contribution is -2.15. The van der Waals surface area contributed by atoms with Gasteiger partial charge in [-0.2, -0.15) is 0 Å². The Hall–Kier alpha value is -3.99. The molecule has 236 valence electrons. The van der Waals surface area contributed by atoms with Gasteiger partial charge in [0.25, 0.3) is 0 Å². The number of aliphatic imine (C=N–C) groups is 1. The molecular formula is C38H58N4O. The van der Waals surface area contributed by atoms with Gasteiger partial charge in [-0.1, -0.05) is 112 Å². The van der Waals surface area contributed by atoms with Crippen LogP contribution in [0.2, 0.25) is 0 Å². The lowest BCUT2D eigenvalue weighted by atomic mass is 9.87. The van der Waals surface area contributed by atoms with Crippen LogP contribution in [0.25, 0.3) is 10.8 Å². The van der Waals surface area contributed by atoms with E-state index in [1.807, 2.05) is 53.0 Å². The highest BCUT2D eigenvalue weighted by atomic mass is 16.5. The van der Waals surface area contributed by atoms with Crippen molar-refractivity contribution >= 4 is 33.5 Å². The normalized spacial score (nSPS) is 10.6. The van der Waals surface area contributed by atoms with Crippen LogP contribution in [0.4, 0.5) is 17.1 Å². The highest BCUT2D eigenvalue weighted by molar-refractivity contribution is 6.02. The van der Waals surface area contributed by atoms with Gasteiger partial charge >= 0.3 is 0 Å². The number of methoxy groups -OCH3 is 1. The van der Waals surface area contributed by atoms with E-state index >= 15 is 0 Å². The topological polar surface area (TPSA) is 48.9 Å². The summed E-state index contributed by atoms with van der Waals surface area (Å²) >= 11 is 0. The molecule has 3 aromatic carbocycles. The quantitative estimate of drug-likeness (QED) is 0.232. The molecule has 0 radical (unpaired) electrons. The fourth-order valence-electron chi connectivity index (χ4n) is 3.96. The highest BCUT2D eigenvalue weighted by Crippen LogP contribution is 2.35. The molecule has 2 N–H and O–H groups in total. The van der Waals surface area contributed by atoms with E-state index < -0.39 is 0 Å². The number of fused-ring (bicyclic) bond motifs is 1. The van der Waals surface area contributed by atoms with Gasteiger partial charge in [0.05, 0.1) is 12.8 Å². The van der Waals surface area contributed by atoms with Gasteiger partial charge in [-0.05, 0) is 61.2 Å². The van der Waals surface area contributed by atoms with E-state index in [1.165, 1.54) is 5.56 Å². The standard InChI is InChI=1S/C27H33N3O.C7H13N.2C2H6/c1-8-30(9-2)25-16-15-23(21-12-10-11-13-22(21)25)28-19(3)29-24-18-20(27(4,5)6)14-17-26(24)31-7;1-5-8-7(4)6(2)3;2*1-2/h8,10-18,28-29H,1,3,9H2,2,4-7H3;5-6H,1H2,2-4H3;2*1-2H3. The maximum Gasteiger partial charge on any atom is 0.142 e. The van der Waals surface area contributed by atoms with E-state index in [2.05, 4.69) is 124 Å². The zero-order chi connectivity index (χ0) is 33.2. The average molecular weight is 587 g/mol. The predicted octanol–water partition coefficient (Wildman–Crippen LogP) is 11.4. The van der Waals surface area contributed by atoms with Crippen LogP contribution in [-0.4, -0.2) is 19.4 Å². The van der Waals surface area contributed by atoms with Crippen molar-refractivity contribution in [1.82, 2.24) is 0 Å². The summed E-state index contributed by atoms with van der Waals surface area (Å²) in [4.78, 5) is 6.15. The van der Waals surface area contributed by atoms with Crippen molar-refractivity contribution in [3.05, 3.63) is 98.1 Å². The Kier molecular flexibility index (Phi) is 18.2. The minimum Gasteiger partial charge on any atom is -0.495 e. The maximum absolute atomic E-state index is 5.55. The molecule has 3 aromatic rings. The number of benzene rings is 3. The first-order valence-corrected chi connectivity index (χ1v) is 15.4. The molecule has 0 aromatic heterocycles. The Balaban J connectivity index is 0.00000126. The molecule has 0 unspecified atom stereocenters. The fourth-order valence-corrected chi connectivity index (χ4v) is 3.96. The van der Waals surface area contributed by atoms with Gasteiger partial charge in [-0.25, -0.2) is 0 Å². The zero-order valence-electron chi connectivity index (χ0n) is 29.1. The number of ether oxygens (including phenoxy) is 1. The molecule has 5 nitrogen and oxygen atoms in total. The number of hydrogen-bond acceptors (Lipinski definition) is 5. The van der Waals surface area contributed by atoms with Crippen LogP contribution in [0.15, 0.2) is 97.5 Å². The zero-order valence-corrected chi connectivity index (χ0v) is 29.1. The Morgan fingerprint density at radius 1 is 0.930 bits per heavy atom. The van der Waals surface area contributed by atoms with Crippen molar-refractivity contribution in [3.63, 3.8) is 0 Å². The van der Waals surface area contributed by atoms with Gasteiger partial charge in [0.15, 0.2) is 0 Å². The minimum atomic E-state index is 0.0415. The summed E-state index contributed by atoms with van der Waals surface area (Å²) in [6, 6.07) is 18.8. The Morgan fingerprint density at radius 2 is 1.51 bits per heavy atom.